The number of benzene rings is 1. The van der Waals surface area contributed by atoms with Crippen LogP contribution in [-0.4, -0.2) is 32.2 Å². The molecule has 6 nitrogen and oxygen atoms in total. The summed E-state index contributed by atoms with van der Waals surface area (Å²) in [4.78, 5) is 2.21. The molecule has 0 fully saturated rings. The Balaban J connectivity index is 2.11. The lowest BCUT2D eigenvalue weighted by atomic mass is 10.2. The monoisotopic (exact) mass is 334 g/mol. The molecular weight excluding hydrogens is 312 g/mol. The SMILES string of the molecule is CCCCN(C)c1ccc(NS(=O)(=O)c2cccc(C)c2)nn1. The van der Waals surface area contributed by atoms with Crippen LogP contribution in [0, 0.1) is 6.92 Å². The van der Waals surface area contributed by atoms with Gasteiger partial charge in [0.2, 0.25) is 0 Å². The Labute approximate surface area is 137 Å². The predicted molar refractivity (Wildman–Crippen MR) is 92.2 cm³/mol. The summed E-state index contributed by atoms with van der Waals surface area (Å²) in [5.74, 6) is 0.927. The van der Waals surface area contributed by atoms with Gasteiger partial charge in [0, 0.05) is 13.6 Å². The third-order valence-electron chi connectivity index (χ3n) is 3.43. The highest BCUT2D eigenvalue weighted by molar-refractivity contribution is 7.92. The van der Waals surface area contributed by atoms with E-state index in [1.165, 1.54) is 0 Å². The van der Waals surface area contributed by atoms with Crippen LogP contribution in [0.3, 0.4) is 0 Å². The first kappa shape index (κ1) is 17.2. The molecule has 23 heavy (non-hydrogen) atoms. The largest absolute Gasteiger partial charge is 0.358 e. The number of rotatable bonds is 7. The molecule has 2 aromatic rings. The molecule has 0 atom stereocenters. The number of aryl methyl sites for hydroxylation is 1. The molecule has 1 heterocycles. The smallest absolute Gasteiger partial charge is 0.263 e. The molecule has 0 spiro atoms. The zero-order chi connectivity index (χ0) is 16.9. The van der Waals surface area contributed by atoms with Crippen LogP contribution in [0.2, 0.25) is 0 Å². The maximum Gasteiger partial charge on any atom is 0.263 e. The van der Waals surface area contributed by atoms with Gasteiger partial charge in [-0.05, 0) is 43.2 Å². The molecule has 1 aromatic heterocycles. The number of sulfonamides is 1. The quantitative estimate of drug-likeness (QED) is 0.842. The summed E-state index contributed by atoms with van der Waals surface area (Å²) in [6.07, 6.45) is 2.17. The number of hydrogen-bond acceptors (Lipinski definition) is 5. The van der Waals surface area contributed by atoms with Gasteiger partial charge < -0.3 is 4.90 Å². The third kappa shape index (κ3) is 4.66. The van der Waals surface area contributed by atoms with Crippen molar-refractivity contribution in [2.24, 2.45) is 0 Å². The minimum Gasteiger partial charge on any atom is -0.358 e. The van der Waals surface area contributed by atoms with Gasteiger partial charge in [-0.25, -0.2) is 8.42 Å². The maximum absolute atomic E-state index is 12.3. The van der Waals surface area contributed by atoms with Gasteiger partial charge in [-0.2, -0.15) is 0 Å². The topological polar surface area (TPSA) is 75.2 Å². The van der Waals surface area contributed by atoms with Gasteiger partial charge in [-0.1, -0.05) is 25.5 Å². The molecule has 1 aromatic carbocycles. The maximum atomic E-state index is 12.3. The van der Waals surface area contributed by atoms with Crippen LogP contribution in [0.25, 0.3) is 0 Å². The molecule has 1 N–H and O–H groups in total. The Bertz CT molecular complexity index is 745. The summed E-state index contributed by atoms with van der Waals surface area (Å²) >= 11 is 0. The van der Waals surface area contributed by atoms with Crippen molar-refractivity contribution < 1.29 is 8.42 Å². The number of nitrogens with one attached hydrogen (secondary N) is 1. The Kier molecular flexibility index (Phi) is 5.54. The summed E-state index contributed by atoms with van der Waals surface area (Å²) in [5, 5.41) is 8.03. The lowest BCUT2D eigenvalue weighted by molar-refractivity contribution is 0.601. The summed E-state index contributed by atoms with van der Waals surface area (Å²) in [6.45, 7) is 4.86. The van der Waals surface area contributed by atoms with E-state index >= 15 is 0 Å². The Hall–Kier alpha value is -2.15. The van der Waals surface area contributed by atoms with Crippen LogP contribution >= 0.6 is 0 Å². The zero-order valence-corrected chi connectivity index (χ0v) is 14.5. The fourth-order valence-electron chi connectivity index (χ4n) is 2.07. The average molecular weight is 334 g/mol. The fourth-order valence-corrected chi connectivity index (χ4v) is 3.17. The molecule has 0 aliphatic carbocycles. The van der Waals surface area contributed by atoms with E-state index in [4.69, 9.17) is 0 Å². The van der Waals surface area contributed by atoms with Crippen molar-refractivity contribution >= 4 is 21.7 Å². The van der Waals surface area contributed by atoms with E-state index in [0.29, 0.717) is 0 Å². The van der Waals surface area contributed by atoms with E-state index in [2.05, 4.69) is 21.8 Å². The van der Waals surface area contributed by atoms with E-state index in [0.717, 1.165) is 30.8 Å². The summed E-state index contributed by atoms with van der Waals surface area (Å²) in [7, 11) is -1.71. The third-order valence-corrected chi connectivity index (χ3v) is 4.78. The number of anilines is 2. The molecule has 0 aliphatic rings. The molecule has 0 amide bonds. The first-order chi connectivity index (χ1) is 10.9. The van der Waals surface area contributed by atoms with Crippen molar-refractivity contribution in [1.29, 1.82) is 0 Å². The van der Waals surface area contributed by atoms with E-state index in [-0.39, 0.29) is 10.7 Å². The highest BCUT2D eigenvalue weighted by atomic mass is 32.2. The highest BCUT2D eigenvalue weighted by Crippen LogP contribution is 2.16. The minimum absolute atomic E-state index is 0.208. The Morgan fingerprint density at radius 3 is 2.57 bits per heavy atom. The van der Waals surface area contributed by atoms with Crippen molar-refractivity contribution in [2.45, 2.75) is 31.6 Å². The first-order valence-corrected chi connectivity index (χ1v) is 9.05. The normalized spacial score (nSPS) is 11.3. The van der Waals surface area contributed by atoms with Crippen molar-refractivity contribution in [3.8, 4) is 0 Å². The van der Waals surface area contributed by atoms with Gasteiger partial charge in [0.1, 0.15) is 0 Å². The lowest BCUT2D eigenvalue weighted by Crippen LogP contribution is -2.20. The lowest BCUT2D eigenvalue weighted by Gasteiger charge is -2.17. The molecule has 0 radical (unpaired) electrons. The van der Waals surface area contributed by atoms with Crippen LogP contribution in [-0.2, 0) is 10.0 Å². The van der Waals surface area contributed by atoms with Gasteiger partial charge in [0.05, 0.1) is 4.90 Å². The first-order valence-electron chi connectivity index (χ1n) is 7.57. The van der Waals surface area contributed by atoms with Crippen LogP contribution < -0.4 is 9.62 Å². The second kappa shape index (κ2) is 7.41. The number of hydrogen-bond donors (Lipinski definition) is 1. The molecule has 7 heteroatoms. The summed E-state index contributed by atoms with van der Waals surface area (Å²) in [5.41, 5.74) is 0.881. The Morgan fingerprint density at radius 1 is 1.17 bits per heavy atom. The zero-order valence-electron chi connectivity index (χ0n) is 13.7. The highest BCUT2D eigenvalue weighted by Gasteiger charge is 2.15. The van der Waals surface area contributed by atoms with E-state index in [9.17, 15) is 8.42 Å². The van der Waals surface area contributed by atoms with E-state index < -0.39 is 10.0 Å². The summed E-state index contributed by atoms with van der Waals surface area (Å²) < 4.78 is 27.1. The number of unbranched alkanes of at least 4 members (excludes halogenated alkanes) is 1. The molecule has 2 rings (SSSR count). The van der Waals surface area contributed by atoms with E-state index in [1.807, 2.05) is 24.9 Å². The molecule has 0 saturated heterocycles. The second-order valence-corrected chi connectivity index (χ2v) is 7.16. The standard InChI is InChI=1S/C16H22N4O2S/c1-4-5-11-20(3)16-10-9-15(17-18-16)19-23(21,22)14-8-6-7-13(2)12-14/h6-10,12H,4-5,11H2,1-3H3,(H,17,19). The number of aromatic nitrogens is 2. The average Bonchev–Trinajstić information content (AvgIpc) is 2.53. The second-order valence-electron chi connectivity index (χ2n) is 5.47. The van der Waals surface area contributed by atoms with Crippen LogP contribution in [0.4, 0.5) is 11.6 Å². The van der Waals surface area contributed by atoms with Gasteiger partial charge in [0.15, 0.2) is 11.6 Å². The Morgan fingerprint density at radius 2 is 1.96 bits per heavy atom. The fraction of sp³-hybridized carbons (Fsp3) is 0.375. The van der Waals surface area contributed by atoms with Crippen LogP contribution in [0.5, 0.6) is 0 Å². The molecular formula is C16H22N4O2S. The van der Waals surface area contributed by atoms with Crippen molar-refractivity contribution in [2.75, 3.05) is 23.2 Å². The molecule has 0 unspecified atom stereocenters. The predicted octanol–water partition coefficient (Wildman–Crippen LogP) is 2.82. The molecule has 124 valence electrons. The van der Waals surface area contributed by atoms with Gasteiger partial charge >= 0.3 is 0 Å². The summed E-state index contributed by atoms with van der Waals surface area (Å²) in [6, 6.07) is 10.1. The van der Waals surface area contributed by atoms with E-state index in [1.54, 1.807) is 30.3 Å². The van der Waals surface area contributed by atoms with Crippen molar-refractivity contribution in [3.05, 3.63) is 42.0 Å². The molecule has 0 bridgehead atoms. The van der Waals surface area contributed by atoms with Crippen molar-refractivity contribution in [3.63, 3.8) is 0 Å². The van der Waals surface area contributed by atoms with Crippen LogP contribution in [0.1, 0.15) is 25.3 Å². The number of nitrogens with zero attached hydrogens (tertiary/aromatic N) is 3. The molecule has 0 aliphatic heterocycles. The minimum atomic E-state index is -3.65. The van der Waals surface area contributed by atoms with Gasteiger partial charge in [-0.3, -0.25) is 4.72 Å². The van der Waals surface area contributed by atoms with Gasteiger partial charge in [0.25, 0.3) is 10.0 Å². The van der Waals surface area contributed by atoms with Crippen molar-refractivity contribution in [1.82, 2.24) is 10.2 Å². The van der Waals surface area contributed by atoms with Gasteiger partial charge in [-0.15, -0.1) is 10.2 Å². The molecule has 0 saturated carbocycles. The van der Waals surface area contributed by atoms with Crippen LogP contribution in [0.15, 0.2) is 41.3 Å².